The van der Waals surface area contributed by atoms with Crippen LogP contribution in [0.5, 0.6) is 11.5 Å². The zero-order chi connectivity index (χ0) is 23.0. The van der Waals surface area contributed by atoms with E-state index in [1.54, 1.807) is 24.3 Å². The molecule has 1 N–H and O–H groups in total. The number of carbonyl (C=O) groups is 1. The molecule has 164 valence electrons. The number of hydrazine groups is 1. The van der Waals surface area contributed by atoms with Gasteiger partial charge in [0.15, 0.2) is 10.2 Å². The van der Waals surface area contributed by atoms with Crippen molar-refractivity contribution in [2.75, 3.05) is 0 Å². The van der Waals surface area contributed by atoms with Gasteiger partial charge in [0.05, 0.1) is 4.91 Å². The van der Waals surface area contributed by atoms with Crippen LogP contribution in [0, 0.1) is 0 Å². The van der Waals surface area contributed by atoms with Crippen LogP contribution >= 0.6 is 24.0 Å². The summed E-state index contributed by atoms with van der Waals surface area (Å²) in [5, 5.41) is 1.13. The predicted octanol–water partition coefficient (Wildman–Crippen LogP) is 4.33. The van der Waals surface area contributed by atoms with Crippen molar-refractivity contribution in [1.82, 2.24) is 10.4 Å². The molecule has 3 aromatic carbocycles. The fraction of sp³-hybridized carbons (Fsp3) is 0. The van der Waals surface area contributed by atoms with Gasteiger partial charge in [-0.25, -0.2) is 0 Å². The number of sulfonamides is 1. The van der Waals surface area contributed by atoms with E-state index in [1.165, 1.54) is 6.07 Å². The molecule has 33 heavy (non-hydrogen) atoms. The van der Waals surface area contributed by atoms with Gasteiger partial charge >= 0.3 is 0 Å². The topological polar surface area (TPSA) is 88.1 Å². The predicted molar refractivity (Wildman–Crippen MR) is 131 cm³/mol. The lowest BCUT2D eigenvalue weighted by Gasteiger charge is -2.16. The minimum Gasteiger partial charge on any atom is -0.457 e. The summed E-state index contributed by atoms with van der Waals surface area (Å²) in [6.45, 7) is 0. The summed E-state index contributed by atoms with van der Waals surface area (Å²) in [4.78, 5) is 13.4. The normalized spacial score (nSPS) is 17.8. The Kier molecular flexibility index (Phi) is 5.49. The Bertz CT molecular complexity index is 1430. The number of para-hydroxylation sites is 1. The number of fused-ring (bicyclic) bond motifs is 1. The molecule has 5 rings (SSSR count). The lowest BCUT2D eigenvalue weighted by Crippen LogP contribution is -2.44. The minimum absolute atomic E-state index is 0.0607. The van der Waals surface area contributed by atoms with Crippen molar-refractivity contribution in [3.05, 3.63) is 94.9 Å². The molecular formula is C23H15N3O4S3. The monoisotopic (exact) mass is 493 g/mol. The number of thiocarbonyl (C=S) groups is 1. The van der Waals surface area contributed by atoms with Gasteiger partial charge in [-0.3, -0.25) is 10.2 Å². The van der Waals surface area contributed by atoms with Gasteiger partial charge in [0.2, 0.25) is 0 Å². The molecule has 0 bridgehead atoms. The Morgan fingerprint density at radius 3 is 2.36 bits per heavy atom. The Morgan fingerprint density at radius 2 is 1.61 bits per heavy atom. The smallest absolute Gasteiger partial charge is 0.285 e. The van der Waals surface area contributed by atoms with Gasteiger partial charge in [-0.15, -0.1) is 4.40 Å². The van der Waals surface area contributed by atoms with Crippen molar-refractivity contribution in [3.63, 3.8) is 0 Å². The lowest BCUT2D eigenvalue weighted by molar-refractivity contribution is -0.123. The highest BCUT2D eigenvalue weighted by Crippen LogP contribution is 2.33. The quantitative estimate of drug-likeness (QED) is 0.427. The van der Waals surface area contributed by atoms with Crippen LogP contribution in [-0.2, 0) is 14.8 Å². The summed E-state index contributed by atoms with van der Waals surface area (Å²) in [6.07, 6.45) is 1.72. The Morgan fingerprint density at radius 1 is 0.939 bits per heavy atom. The number of rotatable bonds is 4. The van der Waals surface area contributed by atoms with Crippen molar-refractivity contribution in [3.8, 4) is 11.5 Å². The molecule has 7 nitrogen and oxygen atoms in total. The van der Waals surface area contributed by atoms with Crippen LogP contribution in [-0.4, -0.2) is 29.5 Å². The van der Waals surface area contributed by atoms with E-state index >= 15 is 0 Å². The molecule has 2 aliphatic heterocycles. The summed E-state index contributed by atoms with van der Waals surface area (Å²) in [5.74, 6) is 1.08. The fourth-order valence-electron chi connectivity index (χ4n) is 3.26. The number of nitrogens with one attached hydrogen (secondary N) is 1. The average Bonchev–Trinajstić information content (AvgIpc) is 3.23. The van der Waals surface area contributed by atoms with Crippen LogP contribution in [0.3, 0.4) is 0 Å². The molecule has 0 saturated carbocycles. The Hall–Kier alpha value is -3.47. The van der Waals surface area contributed by atoms with Crippen molar-refractivity contribution in [1.29, 1.82) is 0 Å². The third kappa shape index (κ3) is 4.28. The first-order valence-electron chi connectivity index (χ1n) is 9.73. The molecule has 1 fully saturated rings. The number of amides is 1. The number of carbonyl (C=O) groups excluding carboxylic acids is 1. The third-order valence-electron chi connectivity index (χ3n) is 4.80. The molecule has 2 aliphatic rings. The van der Waals surface area contributed by atoms with E-state index in [0.29, 0.717) is 16.2 Å². The van der Waals surface area contributed by atoms with Gasteiger partial charge in [-0.05, 0) is 60.3 Å². The van der Waals surface area contributed by atoms with E-state index in [9.17, 15) is 13.2 Å². The second-order valence-corrected chi connectivity index (χ2v) is 10.3. The minimum atomic E-state index is -3.81. The first-order valence-corrected chi connectivity index (χ1v) is 12.4. The van der Waals surface area contributed by atoms with E-state index in [4.69, 9.17) is 17.0 Å². The van der Waals surface area contributed by atoms with Crippen LogP contribution in [0.4, 0.5) is 0 Å². The molecule has 0 aliphatic carbocycles. The zero-order valence-corrected chi connectivity index (χ0v) is 19.3. The van der Waals surface area contributed by atoms with E-state index in [0.717, 1.165) is 28.1 Å². The molecule has 0 radical (unpaired) electrons. The van der Waals surface area contributed by atoms with Crippen LogP contribution < -0.4 is 10.2 Å². The number of benzene rings is 3. The van der Waals surface area contributed by atoms with Crippen LogP contribution in [0.2, 0.25) is 0 Å². The summed E-state index contributed by atoms with van der Waals surface area (Å²) >= 11 is 6.45. The van der Waals surface area contributed by atoms with Gasteiger partial charge < -0.3 is 4.74 Å². The van der Waals surface area contributed by atoms with Crippen molar-refractivity contribution in [2.45, 2.75) is 4.90 Å². The third-order valence-corrected chi connectivity index (χ3v) is 7.44. The van der Waals surface area contributed by atoms with Crippen molar-refractivity contribution in [2.24, 2.45) is 4.40 Å². The van der Waals surface area contributed by atoms with Gasteiger partial charge in [-0.1, -0.05) is 54.2 Å². The zero-order valence-electron chi connectivity index (χ0n) is 16.8. The van der Waals surface area contributed by atoms with Gasteiger partial charge in [0.25, 0.3) is 15.9 Å². The van der Waals surface area contributed by atoms with Crippen LogP contribution in [0.1, 0.15) is 11.1 Å². The molecule has 2 heterocycles. The molecule has 0 spiro atoms. The van der Waals surface area contributed by atoms with E-state index in [-0.39, 0.29) is 21.0 Å². The number of ether oxygens (including phenoxy) is 1. The highest BCUT2D eigenvalue weighted by atomic mass is 32.2. The molecule has 0 unspecified atom stereocenters. The maximum absolute atomic E-state index is 12.9. The fourth-order valence-corrected chi connectivity index (χ4v) is 5.61. The molecule has 0 atom stereocenters. The molecule has 3 aromatic rings. The lowest BCUT2D eigenvalue weighted by atomic mass is 10.2. The number of hydrogen-bond donors (Lipinski definition) is 1. The maximum atomic E-state index is 12.9. The standard InChI is InChI=1S/C23H15N3O4S3/c27-22-19(14-15-10-12-17(13-11-15)30-16-6-2-1-3-7-16)32-23(31)26(22)24-21-18-8-4-5-9-20(18)33(28,29)25-21/h1-14H,(H,24,25)/b19-14-. The Labute approximate surface area is 199 Å². The average molecular weight is 494 g/mol. The first-order chi connectivity index (χ1) is 15.9. The summed E-state index contributed by atoms with van der Waals surface area (Å²) in [5.41, 5.74) is 3.96. The van der Waals surface area contributed by atoms with Crippen molar-refractivity contribution < 1.29 is 17.9 Å². The molecular weight excluding hydrogens is 478 g/mol. The summed E-state index contributed by atoms with van der Waals surface area (Å²) in [6, 6.07) is 23.1. The van der Waals surface area contributed by atoms with E-state index in [2.05, 4.69) is 9.82 Å². The van der Waals surface area contributed by atoms with Gasteiger partial charge in [-0.2, -0.15) is 13.4 Å². The molecule has 10 heteroatoms. The number of thioether (sulfide) groups is 1. The second kappa shape index (κ2) is 8.47. The molecule has 1 saturated heterocycles. The van der Waals surface area contributed by atoms with Crippen molar-refractivity contribution >= 4 is 56.1 Å². The maximum Gasteiger partial charge on any atom is 0.285 e. The van der Waals surface area contributed by atoms with Crippen LogP contribution in [0.25, 0.3) is 6.08 Å². The second-order valence-electron chi connectivity index (χ2n) is 7.02. The van der Waals surface area contributed by atoms with Gasteiger partial charge in [0, 0.05) is 5.56 Å². The highest BCUT2D eigenvalue weighted by Gasteiger charge is 2.36. The van der Waals surface area contributed by atoms with E-state index < -0.39 is 10.0 Å². The Balaban J connectivity index is 1.33. The summed E-state index contributed by atoms with van der Waals surface area (Å²) < 4.78 is 34.3. The number of nitrogens with zero attached hydrogens (tertiary/aromatic N) is 2. The first kappa shape index (κ1) is 21.4. The number of hydrogen-bond acceptors (Lipinski definition) is 7. The highest BCUT2D eigenvalue weighted by molar-refractivity contribution is 8.26. The van der Waals surface area contributed by atoms with Crippen LogP contribution in [0.15, 0.2) is 93.1 Å². The van der Waals surface area contributed by atoms with E-state index in [1.807, 2.05) is 54.6 Å². The van der Waals surface area contributed by atoms with Gasteiger partial charge in [0.1, 0.15) is 16.4 Å². The number of amidine groups is 1. The largest absolute Gasteiger partial charge is 0.457 e. The molecule has 0 aromatic heterocycles. The SMILES string of the molecule is O=C1/C(=C/c2ccc(Oc3ccccc3)cc2)SC(=S)N1NC1=NS(=O)(=O)c2ccccc21. The summed E-state index contributed by atoms with van der Waals surface area (Å²) in [7, 11) is -3.81. The molecule has 1 amide bonds.